The van der Waals surface area contributed by atoms with E-state index in [1.165, 1.54) is 6.07 Å². The smallest absolute Gasteiger partial charge is 0.355 e. The molecular formula is C12H16F3N3O2S. The summed E-state index contributed by atoms with van der Waals surface area (Å²) < 4.78 is 61.5. The largest absolute Gasteiger partial charge is 0.433 e. The van der Waals surface area contributed by atoms with Crippen molar-refractivity contribution in [1.82, 2.24) is 4.98 Å². The Labute approximate surface area is 120 Å². The van der Waals surface area contributed by atoms with E-state index in [0.29, 0.717) is 18.5 Å². The Morgan fingerprint density at radius 3 is 2.57 bits per heavy atom. The van der Waals surface area contributed by atoms with Crippen LogP contribution in [0.5, 0.6) is 0 Å². The summed E-state index contributed by atoms with van der Waals surface area (Å²) >= 11 is 0. The van der Waals surface area contributed by atoms with Crippen LogP contribution in [0.2, 0.25) is 0 Å². The summed E-state index contributed by atoms with van der Waals surface area (Å²) in [6.45, 7) is 0.522. The van der Waals surface area contributed by atoms with Crippen LogP contribution in [0, 0.1) is 0 Å². The van der Waals surface area contributed by atoms with Gasteiger partial charge in [-0.25, -0.2) is 13.4 Å². The third-order valence-electron chi connectivity index (χ3n) is 3.32. The fourth-order valence-corrected chi connectivity index (χ4v) is 3.49. The normalized spacial score (nSPS) is 19.3. The molecule has 2 N–H and O–H groups in total. The van der Waals surface area contributed by atoms with Gasteiger partial charge in [0.05, 0.1) is 11.5 Å². The fraction of sp³-hybridized carbons (Fsp3) is 0.583. The Morgan fingerprint density at radius 1 is 1.24 bits per heavy atom. The number of nitrogens with zero attached hydrogens (tertiary/aromatic N) is 2. The standard InChI is InChI=1S/C12H16F3N3O2S/c13-12(14,15)10-3-2-9(8-16)11(17-10)18-4-1-6-21(19,20)7-5-18/h2-3H,1,4-8,16H2. The molecule has 0 aliphatic carbocycles. The number of hydrogen-bond donors (Lipinski definition) is 1. The minimum absolute atomic E-state index is 0.0421. The highest BCUT2D eigenvalue weighted by molar-refractivity contribution is 7.91. The van der Waals surface area contributed by atoms with Crippen molar-refractivity contribution in [1.29, 1.82) is 0 Å². The number of pyridine rings is 1. The molecule has 9 heteroatoms. The van der Waals surface area contributed by atoms with Gasteiger partial charge in [-0.2, -0.15) is 13.2 Å². The molecule has 0 saturated carbocycles. The van der Waals surface area contributed by atoms with Crippen LogP contribution in [0.4, 0.5) is 19.0 Å². The topological polar surface area (TPSA) is 76.3 Å². The predicted molar refractivity (Wildman–Crippen MR) is 72.6 cm³/mol. The van der Waals surface area contributed by atoms with Gasteiger partial charge in [0, 0.05) is 25.2 Å². The number of halogens is 3. The SMILES string of the molecule is NCc1ccc(C(F)(F)F)nc1N1CCCS(=O)(=O)CC1. The van der Waals surface area contributed by atoms with Gasteiger partial charge in [0.15, 0.2) is 9.84 Å². The Balaban J connectivity index is 2.37. The van der Waals surface area contributed by atoms with E-state index in [4.69, 9.17) is 5.73 Å². The van der Waals surface area contributed by atoms with E-state index in [0.717, 1.165) is 6.07 Å². The zero-order valence-corrected chi connectivity index (χ0v) is 12.0. The minimum atomic E-state index is -4.54. The van der Waals surface area contributed by atoms with Gasteiger partial charge in [0.2, 0.25) is 0 Å². The highest BCUT2D eigenvalue weighted by atomic mass is 32.2. The number of nitrogens with two attached hydrogens (primary N) is 1. The maximum Gasteiger partial charge on any atom is 0.433 e. The molecule has 1 aromatic rings. The van der Waals surface area contributed by atoms with Crippen molar-refractivity contribution < 1.29 is 21.6 Å². The third kappa shape index (κ3) is 3.85. The van der Waals surface area contributed by atoms with Gasteiger partial charge in [-0.15, -0.1) is 0 Å². The average molecular weight is 323 g/mol. The fourth-order valence-electron chi connectivity index (χ4n) is 2.22. The molecule has 118 valence electrons. The summed E-state index contributed by atoms with van der Waals surface area (Å²) in [6, 6.07) is 2.19. The molecule has 1 aromatic heterocycles. The Kier molecular flexibility index (Phi) is 4.43. The summed E-state index contributed by atoms with van der Waals surface area (Å²) in [5.41, 5.74) is 5.02. The van der Waals surface area contributed by atoms with Crippen LogP contribution >= 0.6 is 0 Å². The molecule has 0 atom stereocenters. The highest BCUT2D eigenvalue weighted by Gasteiger charge is 2.33. The van der Waals surface area contributed by atoms with Crippen LogP contribution in [0.3, 0.4) is 0 Å². The zero-order valence-electron chi connectivity index (χ0n) is 11.2. The molecule has 1 aliphatic rings. The van der Waals surface area contributed by atoms with Crippen molar-refractivity contribution in [3.63, 3.8) is 0 Å². The van der Waals surface area contributed by atoms with Crippen molar-refractivity contribution in [2.24, 2.45) is 5.73 Å². The number of hydrogen-bond acceptors (Lipinski definition) is 5. The lowest BCUT2D eigenvalue weighted by Crippen LogP contribution is -2.30. The monoisotopic (exact) mass is 323 g/mol. The Morgan fingerprint density at radius 2 is 1.95 bits per heavy atom. The zero-order chi connectivity index (χ0) is 15.7. The van der Waals surface area contributed by atoms with Crippen LogP contribution in [0.1, 0.15) is 17.7 Å². The molecule has 5 nitrogen and oxygen atoms in total. The molecule has 1 aliphatic heterocycles. The summed E-state index contributed by atoms with van der Waals surface area (Å²) in [5.74, 6) is 0.0828. The van der Waals surface area contributed by atoms with E-state index in [9.17, 15) is 21.6 Å². The molecule has 1 fully saturated rings. The van der Waals surface area contributed by atoms with E-state index >= 15 is 0 Å². The molecule has 0 spiro atoms. The van der Waals surface area contributed by atoms with E-state index in [-0.39, 0.29) is 30.4 Å². The second-order valence-electron chi connectivity index (χ2n) is 4.87. The molecule has 21 heavy (non-hydrogen) atoms. The number of sulfone groups is 1. The van der Waals surface area contributed by atoms with Gasteiger partial charge >= 0.3 is 6.18 Å². The van der Waals surface area contributed by atoms with Gasteiger partial charge in [-0.05, 0) is 12.5 Å². The van der Waals surface area contributed by atoms with Crippen LogP contribution in [-0.2, 0) is 22.6 Å². The molecule has 0 unspecified atom stereocenters. The number of rotatable bonds is 2. The Hall–Kier alpha value is -1.35. The predicted octanol–water partition coefficient (Wildman–Crippen LogP) is 1.18. The second kappa shape index (κ2) is 5.80. The molecule has 2 heterocycles. The Bertz CT molecular complexity index is 617. The maximum absolute atomic E-state index is 12.8. The molecule has 1 saturated heterocycles. The van der Waals surface area contributed by atoms with Gasteiger partial charge in [-0.1, -0.05) is 6.07 Å². The summed E-state index contributed by atoms with van der Waals surface area (Å²) in [6.07, 6.45) is -4.18. The summed E-state index contributed by atoms with van der Waals surface area (Å²) in [7, 11) is -3.14. The lowest BCUT2D eigenvalue weighted by atomic mass is 10.2. The number of alkyl halides is 3. The summed E-state index contributed by atoms with van der Waals surface area (Å²) in [5, 5.41) is 0. The molecular weight excluding hydrogens is 307 g/mol. The second-order valence-corrected chi connectivity index (χ2v) is 7.18. The first kappa shape index (κ1) is 16.0. The molecule has 0 bridgehead atoms. The van der Waals surface area contributed by atoms with Gasteiger partial charge in [0.25, 0.3) is 0 Å². The van der Waals surface area contributed by atoms with Crippen LogP contribution in [0.25, 0.3) is 0 Å². The van der Waals surface area contributed by atoms with Gasteiger partial charge < -0.3 is 10.6 Å². The third-order valence-corrected chi connectivity index (χ3v) is 5.04. The number of aromatic nitrogens is 1. The van der Waals surface area contributed by atoms with E-state index in [1.54, 1.807) is 4.90 Å². The average Bonchev–Trinajstić information content (AvgIpc) is 2.58. The molecule has 0 aromatic carbocycles. The van der Waals surface area contributed by atoms with Crippen LogP contribution in [0.15, 0.2) is 12.1 Å². The van der Waals surface area contributed by atoms with Crippen LogP contribution in [-0.4, -0.2) is 38.0 Å². The lowest BCUT2D eigenvalue weighted by Gasteiger charge is -2.24. The van der Waals surface area contributed by atoms with E-state index in [2.05, 4.69) is 4.98 Å². The van der Waals surface area contributed by atoms with Crippen LogP contribution < -0.4 is 10.6 Å². The molecule has 0 radical (unpaired) electrons. The van der Waals surface area contributed by atoms with E-state index in [1.807, 2.05) is 0 Å². The van der Waals surface area contributed by atoms with Crippen molar-refractivity contribution >= 4 is 15.7 Å². The van der Waals surface area contributed by atoms with Crippen molar-refractivity contribution in [2.45, 2.75) is 19.1 Å². The first-order chi connectivity index (χ1) is 9.73. The van der Waals surface area contributed by atoms with Gasteiger partial charge in [0.1, 0.15) is 11.5 Å². The van der Waals surface area contributed by atoms with E-state index < -0.39 is 21.7 Å². The quantitative estimate of drug-likeness (QED) is 0.884. The first-order valence-corrected chi connectivity index (χ1v) is 8.27. The maximum atomic E-state index is 12.8. The first-order valence-electron chi connectivity index (χ1n) is 6.45. The number of anilines is 1. The van der Waals surface area contributed by atoms with Crippen molar-refractivity contribution in [2.75, 3.05) is 29.5 Å². The van der Waals surface area contributed by atoms with Crippen molar-refractivity contribution in [3.05, 3.63) is 23.4 Å². The molecule has 2 rings (SSSR count). The molecule has 0 amide bonds. The lowest BCUT2D eigenvalue weighted by molar-refractivity contribution is -0.141. The minimum Gasteiger partial charge on any atom is -0.355 e. The van der Waals surface area contributed by atoms with Crippen molar-refractivity contribution in [3.8, 4) is 0 Å². The highest BCUT2D eigenvalue weighted by Crippen LogP contribution is 2.30. The summed E-state index contributed by atoms with van der Waals surface area (Å²) in [4.78, 5) is 5.23. The van der Waals surface area contributed by atoms with Gasteiger partial charge in [-0.3, -0.25) is 0 Å².